The normalized spacial score (nSPS) is 20.1. The van der Waals surface area contributed by atoms with Crippen LogP contribution in [0.5, 0.6) is 0 Å². The van der Waals surface area contributed by atoms with Crippen molar-refractivity contribution in [2.24, 2.45) is 0 Å². The monoisotopic (exact) mass is 302 g/mol. The fourth-order valence-corrected chi connectivity index (χ4v) is 2.52. The summed E-state index contributed by atoms with van der Waals surface area (Å²) in [5.74, 6) is -0.446. The van der Waals surface area contributed by atoms with Gasteiger partial charge < -0.3 is 15.4 Å². The summed E-state index contributed by atoms with van der Waals surface area (Å²) in [6, 6.07) is 4.53. The van der Waals surface area contributed by atoms with Gasteiger partial charge >= 0.3 is 0 Å². The second kappa shape index (κ2) is 6.50. The lowest BCUT2D eigenvalue weighted by Gasteiger charge is -2.22. The first kappa shape index (κ1) is 14.5. The van der Waals surface area contributed by atoms with E-state index in [1.54, 1.807) is 6.07 Å². The van der Waals surface area contributed by atoms with E-state index in [4.69, 9.17) is 28.6 Å². The summed E-state index contributed by atoms with van der Waals surface area (Å²) < 4.78 is 18.6. The second-order valence-corrected chi connectivity index (χ2v) is 5.38. The summed E-state index contributed by atoms with van der Waals surface area (Å²) in [6.07, 6.45) is 2.32. The van der Waals surface area contributed by atoms with Crippen molar-refractivity contribution in [1.82, 2.24) is 5.32 Å². The van der Waals surface area contributed by atoms with Gasteiger partial charge in [0.25, 0.3) is 0 Å². The van der Waals surface area contributed by atoms with Crippen LogP contribution in [0.4, 0.5) is 10.1 Å². The van der Waals surface area contributed by atoms with Gasteiger partial charge in [0.05, 0.1) is 17.2 Å². The van der Waals surface area contributed by atoms with E-state index >= 15 is 0 Å². The molecule has 0 spiro atoms. The molecule has 104 valence electrons. The van der Waals surface area contributed by atoms with Gasteiger partial charge in [-0.25, -0.2) is 4.39 Å². The molecule has 1 aliphatic rings. The van der Waals surface area contributed by atoms with Gasteiger partial charge in [-0.2, -0.15) is 0 Å². The largest absolute Gasteiger partial charge is 0.376 e. The molecule has 19 heavy (non-hydrogen) atoms. The van der Waals surface area contributed by atoms with Gasteiger partial charge in [-0.15, -0.1) is 0 Å². The number of benzene rings is 1. The molecule has 2 unspecified atom stereocenters. The van der Waals surface area contributed by atoms with Crippen LogP contribution in [0.15, 0.2) is 18.2 Å². The first-order valence-corrected chi connectivity index (χ1v) is 6.99. The molecule has 1 aliphatic heterocycles. The van der Waals surface area contributed by atoms with E-state index in [1.807, 2.05) is 6.92 Å². The lowest BCUT2D eigenvalue weighted by atomic mass is 10.1. The van der Waals surface area contributed by atoms with Gasteiger partial charge in [0, 0.05) is 12.3 Å². The molecule has 0 aromatic heterocycles. The van der Waals surface area contributed by atoms with Crippen LogP contribution in [0.1, 0.15) is 19.8 Å². The van der Waals surface area contributed by atoms with Gasteiger partial charge in [0.1, 0.15) is 5.82 Å². The highest BCUT2D eigenvalue weighted by Crippen LogP contribution is 2.19. The van der Waals surface area contributed by atoms with Crippen LogP contribution >= 0.6 is 23.8 Å². The average molecular weight is 303 g/mol. The lowest BCUT2D eigenvalue weighted by Crippen LogP contribution is -2.42. The standard InChI is InChI=1S/C13H16ClFN2OS/c1-8(12-3-2-6-18-12)16-13(19)17-9-4-5-11(15)10(14)7-9/h4-5,7-8,12H,2-3,6H2,1H3,(H2,16,17,19). The van der Waals surface area contributed by atoms with Crippen LogP contribution in [-0.4, -0.2) is 23.9 Å². The fraction of sp³-hybridized carbons (Fsp3) is 0.462. The highest BCUT2D eigenvalue weighted by Gasteiger charge is 2.22. The van der Waals surface area contributed by atoms with Crippen molar-refractivity contribution in [2.75, 3.05) is 11.9 Å². The molecule has 2 N–H and O–H groups in total. The van der Waals surface area contributed by atoms with Gasteiger partial charge in [0.15, 0.2) is 5.11 Å². The first-order valence-electron chi connectivity index (χ1n) is 6.20. The molecular formula is C13H16ClFN2OS. The molecule has 0 aliphatic carbocycles. The Kier molecular flexibility index (Phi) is 4.96. The molecular weight excluding hydrogens is 287 g/mol. The zero-order chi connectivity index (χ0) is 13.8. The molecule has 1 heterocycles. The smallest absolute Gasteiger partial charge is 0.171 e. The van der Waals surface area contributed by atoms with Crippen LogP contribution in [0.2, 0.25) is 5.02 Å². The number of hydrogen-bond donors (Lipinski definition) is 2. The van der Waals surface area contributed by atoms with Crippen LogP contribution in [0.3, 0.4) is 0 Å². The van der Waals surface area contributed by atoms with Crippen LogP contribution < -0.4 is 10.6 Å². The number of rotatable bonds is 3. The van der Waals surface area contributed by atoms with Gasteiger partial charge in [-0.05, 0) is 50.2 Å². The third-order valence-electron chi connectivity index (χ3n) is 3.06. The van der Waals surface area contributed by atoms with Crippen LogP contribution in [0.25, 0.3) is 0 Å². The Morgan fingerprint density at radius 2 is 2.37 bits per heavy atom. The zero-order valence-corrected chi connectivity index (χ0v) is 12.2. The van der Waals surface area contributed by atoms with Gasteiger partial charge in [-0.1, -0.05) is 11.6 Å². The molecule has 0 amide bonds. The summed E-state index contributed by atoms with van der Waals surface area (Å²) in [5.41, 5.74) is 0.656. The summed E-state index contributed by atoms with van der Waals surface area (Å²) in [7, 11) is 0. The quantitative estimate of drug-likeness (QED) is 0.839. The predicted molar refractivity (Wildman–Crippen MR) is 79.2 cm³/mol. The molecule has 1 saturated heterocycles. The highest BCUT2D eigenvalue weighted by atomic mass is 35.5. The number of hydrogen-bond acceptors (Lipinski definition) is 2. The van der Waals surface area contributed by atoms with Crippen molar-refractivity contribution in [3.63, 3.8) is 0 Å². The minimum absolute atomic E-state index is 0.0694. The van der Waals surface area contributed by atoms with Crippen molar-refractivity contribution in [3.8, 4) is 0 Å². The van der Waals surface area contributed by atoms with Crippen molar-refractivity contribution in [3.05, 3.63) is 29.0 Å². The number of halogens is 2. The third-order valence-corrected chi connectivity index (χ3v) is 3.57. The Balaban J connectivity index is 1.88. The van der Waals surface area contributed by atoms with Crippen molar-refractivity contribution < 1.29 is 9.13 Å². The molecule has 1 aromatic rings. The first-order chi connectivity index (χ1) is 9.06. The van der Waals surface area contributed by atoms with E-state index in [9.17, 15) is 4.39 Å². The fourth-order valence-electron chi connectivity index (χ4n) is 2.04. The molecule has 1 aromatic carbocycles. The zero-order valence-electron chi connectivity index (χ0n) is 10.6. The molecule has 2 rings (SSSR count). The van der Waals surface area contributed by atoms with Gasteiger partial charge in [-0.3, -0.25) is 0 Å². The molecule has 1 fully saturated rings. The van der Waals surface area contributed by atoms with E-state index < -0.39 is 5.82 Å². The maximum Gasteiger partial charge on any atom is 0.171 e. The average Bonchev–Trinajstić information content (AvgIpc) is 2.87. The third kappa shape index (κ3) is 4.03. The molecule has 6 heteroatoms. The second-order valence-electron chi connectivity index (χ2n) is 4.57. The topological polar surface area (TPSA) is 33.3 Å². The number of nitrogens with one attached hydrogen (secondary N) is 2. The molecule has 0 saturated carbocycles. The van der Waals surface area contributed by atoms with E-state index in [-0.39, 0.29) is 17.2 Å². The predicted octanol–water partition coefficient (Wildman–Crippen LogP) is 3.33. The summed E-state index contributed by atoms with van der Waals surface area (Å²) >= 11 is 10.9. The molecule has 3 nitrogen and oxygen atoms in total. The van der Waals surface area contributed by atoms with E-state index in [0.717, 1.165) is 19.4 Å². The maximum absolute atomic E-state index is 13.0. The summed E-state index contributed by atoms with van der Waals surface area (Å²) in [4.78, 5) is 0. The van der Waals surface area contributed by atoms with E-state index in [2.05, 4.69) is 10.6 Å². The Labute approximate surface area is 122 Å². The minimum Gasteiger partial charge on any atom is -0.376 e. The number of anilines is 1. The highest BCUT2D eigenvalue weighted by molar-refractivity contribution is 7.80. The summed E-state index contributed by atoms with van der Waals surface area (Å²) in [5, 5.41) is 6.69. The SMILES string of the molecule is CC(NC(=S)Nc1ccc(F)c(Cl)c1)C1CCCO1. The number of ether oxygens (including phenoxy) is 1. The van der Waals surface area contributed by atoms with Crippen molar-refractivity contribution in [2.45, 2.75) is 31.9 Å². The van der Waals surface area contributed by atoms with E-state index in [0.29, 0.717) is 10.8 Å². The maximum atomic E-state index is 13.0. The Bertz CT molecular complexity index is 466. The molecule has 0 radical (unpaired) electrons. The van der Waals surface area contributed by atoms with Crippen LogP contribution in [0, 0.1) is 5.82 Å². The van der Waals surface area contributed by atoms with Crippen molar-refractivity contribution >= 4 is 34.6 Å². The van der Waals surface area contributed by atoms with Crippen LogP contribution in [-0.2, 0) is 4.74 Å². The van der Waals surface area contributed by atoms with E-state index in [1.165, 1.54) is 12.1 Å². The number of thiocarbonyl (C=S) groups is 1. The van der Waals surface area contributed by atoms with Gasteiger partial charge in [0.2, 0.25) is 0 Å². The lowest BCUT2D eigenvalue weighted by molar-refractivity contribution is 0.0895. The Morgan fingerprint density at radius 3 is 3.00 bits per heavy atom. The Hall–Kier alpha value is -0.910. The Morgan fingerprint density at radius 1 is 1.58 bits per heavy atom. The minimum atomic E-state index is -0.446. The summed E-state index contributed by atoms with van der Waals surface area (Å²) in [6.45, 7) is 2.84. The molecule has 2 atom stereocenters. The van der Waals surface area contributed by atoms with Crippen molar-refractivity contribution in [1.29, 1.82) is 0 Å². The molecule has 0 bridgehead atoms.